The second-order valence-corrected chi connectivity index (χ2v) is 9.07. The number of alkyl halides is 3. The Labute approximate surface area is 211 Å². The third-order valence-electron chi connectivity index (χ3n) is 6.25. The lowest BCUT2D eigenvalue weighted by atomic mass is 10.1. The van der Waals surface area contributed by atoms with E-state index in [0.717, 1.165) is 41.9 Å². The van der Waals surface area contributed by atoms with Gasteiger partial charge in [0.25, 0.3) is 5.56 Å². The first-order valence-electron chi connectivity index (χ1n) is 11.8. The Balaban J connectivity index is 1.55. The van der Waals surface area contributed by atoms with E-state index in [-0.39, 0.29) is 11.1 Å². The molecule has 10 heteroatoms. The second kappa shape index (κ2) is 9.78. The predicted octanol–water partition coefficient (Wildman–Crippen LogP) is 4.66. The molecule has 1 aromatic carbocycles. The van der Waals surface area contributed by atoms with Crippen molar-refractivity contribution in [3.8, 4) is 11.1 Å². The van der Waals surface area contributed by atoms with E-state index in [2.05, 4.69) is 14.9 Å². The Morgan fingerprint density at radius 1 is 1.14 bits per heavy atom. The first-order chi connectivity index (χ1) is 17.7. The first-order valence-corrected chi connectivity index (χ1v) is 11.8. The predicted molar refractivity (Wildman–Crippen MR) is 137 cm³/mol. The van der Waals surface area contributed by atoms with E-state index < -0.39 is 11.7 Å². The number of anilines is 1. The highest BCUT2D eigenvalue weighted by Crippen LogP contribution is 2.32. The maximum Gasteiger partial charge on any atom is 0.416 e. The third kappa shape index (κ3) is 5.10. The molecule has 3 aromatic heterocycles. The summed E-state index contributed by atoms with van der Waals surface area (Å²) < 4.78 is 46.8. The zero-order valence-electron chi connectivity index (χ0n) is 20.4. The molecule has 1 fully saturated rings. The Morgan fingerprint density at radius 3 is 2.62 bits per heavy atom. The van der Waals surface area contributed by atoms with Crippen LogP contribution in [0.15, 0.2) is 72.0 Å². The van der Waals surface area contributed by atoms with Gasteiger partial charge in [0, 0.05) is 68.4 Å². The molecule has 5 rings (SSSR count). The van der Waals surface area contributed by atoms with Crippen molar-refractivity contribution in [1.82, 2.24) is 19.4 Å². The number of aromatic amines is 1. The van der Waals surface area contributed by atoms with E-state index in [1.54, 1.807) is 43.5 Å². The highest BCUT2D eigenvalue weighted by atomic mass is 19.4. The standard InChI is InChI=1S/C27H26F3N5O2/c1-33(2)17-24(19-4-3-5-20(12-19)27(28,29)30)35-7-6-18(13-25(35)36)23-16-32-26-22(23)14-21(15-31-26)34-8-10-37-11-9-34/h3-7,12-17H,8-11H2,1-2H3,(H,31,32)/b24-17-. The topological polar surface area (TPSA) is 66.4 Å². The van der Waals surface area contributed by atoms with Gasteiger partial charge in [-0.1, -0.05) is 12.1 Å². The number of hydrogen-bond donors (Lipinski definition) is 1. The number of H-pyrrole nitrogens is 1. The van der Waals surface area contributed by atoms with Gasteiger partial charge in [-0.15, -0.1) is 0 Å². The molecule has 192 valence electrons. The van der Waals surface area contributed by atoms with Crippen molar-refractivity contribution < 1.29 is 17.9 Å². The van der Waals surface area contributed by atoms with Crippen LogP contribution in [0.25, 0.3) is 27.9 Å². The number of fused-ring (bicyclic) bond motifs is 1. The normalized spacial score (nSPS) is 14.8. The molecule has 4 heterocycles. The SMILES string of the molecule is CN(C)/C=C(/c1cccc(C(F)(F)F)c1)n1ccc(-c2c[nH]c3ncc(N4CCOCC4)cc23)cc1=O. The molecule has 1 N–H and O–H groups in total. The van der Waals surface area contributed by atoms with Gasteiger partial charge in [0.1, 0.15) is 5.65 Å². The fraction of sp³-hybridized carbons (Fsp3) is 0.259. The van der Waals surface area contributed by atoms with Gasteiger partial charge < -0.3 is 19.5 Å². The molecule has 1 aliphatic heterocycles. The van der Waals surface area contributed by atoms with Gasteiger partial charge in [0.2, 0.25) is 0 Å². The van der Waals surface area contributed by atoms with Crippen molar-refractivity contribution in [3.05, 3.63) is 88.7 Å². The van der Waals surface area contributed by atoms with Crippen LogP contribution in [0.3, 0.4) is 0 Å². The fourth-order valence-corrected chi connectivity index (χ4v) is 4.45. The number of halogens is 3. The first kappa shape index (κ1) is 24.6. The number of aromatic nitrogens is 3. The summed E-state index contributed by atoms with van der Waals surface area (Å²) >= 11 is 0. The average Bonchev–Trinajstić information content (AvgIpc) is 3.31. The Bertz CT molecular complexity index is 1510. The second-order valence-electron chi connectivity index (χ2n) is 9.07. The van der Waals surface area contributed by atoms with Gasteiger partial charge in [-0.05, 0) is 29.8 Å². The van der Waals surface area contributed by atoms with Crippen LogP contribution in [0.5, 0.6) is 0 Å². The number of benzene rings is 1. The van der Waals surface area contributed by atoms with E-state index in [4.69, 9.17) is 4.74 Å². The van der Waals surface area contributed by atoms with Crippen LogP contribution in [0.4, 0.5) is 18.9 Å². The number of nitrogens with one attached hydrogen (secondary N) is 1. The fourth-order valence-electron chi connectivity index (χ4n) is 4.45. The molecular formula is C27H26F3N5O2. The molecule has 0 bridgehead atoms. The van der Waals surface area contributed by atoms with Crippen molar-refractivity contribution in [1.29, 1.82) is 0 Å². The summed E-state index contributed by atoms with van der Waals surface area (Å²) in [5.41, 5.74) is 2.66. The maximum absolute atomic E-state index is 13.3. The van der Waals surface area contributed by atoms with E-state index >= 15 is 0 Å². The molecule has 4 aromatic rings. The number of morpholine rings is 1. The number of pyridine rings is 2. The van der Waals surface area contributed by atoms with E-state index in [0.29, 0.717) is 30.1 Å². The summed E-state index contributed by atoms with van der Waals surface area (Å²) in [6, 6.07) is 10.3. The summed E-state index contributed by atoms with van der Waals surface area (Å²) in [7, 11) is 3.50. The number of ether oxygens (including phenoxy) is 1. The molecule has 0 amide bonds. The van der Waals surface area contributed by atoms with Gasteiger partial charge in [-0.2, -0.15) is 13.2 Å². The molecule has 7 nitrogen and oxygen atoms in total. The summed E-state index contributed by atoms with van der Waals surface area (Å²) in [5.74, 6) is 0. The van der Waals surface area contributed by atoms with Crippen molar-refractivity contribution in [2.75, 3.05) is 45.3 Å². The monoisotopic (exact) mass is 509 g/mol. The lowest BCUT2D eigenvalue weighted by Gasteiger charge is -2.28. The summed E-state index contributed by atoms with van der Waals surface area (Å²) in [5, 5.41) is 0.878. The molecule has 0 spiro atoms. The molecule has 37 heavy (non-hydrogen) atoms. The molecule has 1 aliphatic rings. The van der Waals surface area contributed by atoms with Crippen LogP contribution in [0.2, 0.25) is 0 Å². The molecule has 0 saturated carbocycles. The van der Waals surface area contributed by atoms with Crippen LogP contribution in [-0.4, -0.2) is 59.8 Å². The maximum atomic E-state index is 13.3. The molecule has 1 saturated heterocycles. The summed E-state index contributed by atoms with van der Waals surface area (Å²) in [6.45, 7) is 2.87. The molecule has 0 aliphatic carbocycles. The van der Waals surface area contributed by atoms with Crippen LogP contribution in [-0.2, 0) is 10.9 Å². The Morgan fingerprint density at radius 2 is 1.92 bits per heavy atom. The minimum Gasteiger partial charge on any atom is -0.382 e. The zero-order valence-corrected chi connectivity index (χ0v) is 20.4. The van der Waals surface area contributed by atoms with Gasteiger partial charge >= 0.3 is 6.18 Å². The lowest BCUT2D eigenvalue weighted by molar-refractivity contribution is -0.137. The molecule has 0 radical (unpaired) electrons. The number of nitrogens with zero attached hydrogens (tertiary/aromatic N) is 4. The van der Waals surface area contributed by atoms with Crippen molar-refractivity contribution >= 4 is 22.4 Å². The highest BCUT2D eigenvalue weighted by molar-refractivity contribution is 5.95. The Kier molecular flexibility index (Phi) is 6.51. The van der Waals surface area contributed by atoms with Crippen LogP contribution < -0.4 is 10.5 Å². The van der Waals surface area contributed by atoms with E-state index in [1.807, 2.05) is 18.5 Å². The molecule has 0 unspecified atom stereocenters. The number of hydrogen-bond acceptors (Lipinski definition) is 5. The van der Waals surface area contributed by atoms with Crippen molar-refractivity contribution in [2.24, 2.45) is 0 Å². The van der Waals surface area contributed by atoms with Crippen LogP contribution in [0, 0.1) is 0 Å². The molecular weight excluding hydrogens is 483 g/mol. The molecule has 0 atom stereocenters. The van der Waals surface area contributed by atoms with E-state index in [1.165, 1.54) is 16.7 Å². The van der Waals surface area contributed by atoms with Crippen LogP contribution >= 0.6 is 0 Å². The van der Waals surface area contributed by atoms with Gasteiger partial charge in [0.05, 0.1) is 36.4 Å². The van der Waals surface area contributed by atoms with Crippen molar-refractivity contribution in [2.45, 2.75) is 6.18 Å². The summed E-state index contributed by atoms with van der Waals surface area (Å²) in [4.78, 5) is 24.9. The van der Waals surface area contributed by atoms with Gasteiger partial charge in [0.15, 0.2) is 0 Å². The lowest BCUT2D eigenvalue weighted by Crippen LogP contribution is -2.36. The number of rotatable bonds is 5. The van der Waals surface area contributed by atoms with E-state index in [9.17, 15) is 18.0 Å². The summed E-state index contributed by atoms with van der Waals surface area (Å²) in [6.07, 6.45) is 2.35. The highest BCUT2D eigenvalue weighted by Gasteiger charge is 2.30. The van der Waals surface area contributed by atoms with Gasteiger partial charge in [-0.25, -0.2) is 4.98 Å². The largest absolute Gasteiger partial charge is 0.416 e. The smallest absolute Gasteiger partial charge is 0.382 e. The third-order valence-corrected chi connectivity index (χ3v) is 6.25. The quantitative estimate of drug-likeness (QED) is 0.424. The zero-order chi connectivity index (χ0) is 26.2. The van der Waals surface area contributed by atoms with Gasteiger partial charge in [-0.3, -0.25) is 9.36 Å². The minimum absolute atomic E-state index is 0.282. The Hall–Kier alpha value is -4.05. The van der Waals surface area contributed by atoms with Crippen LogP contribution in [0.1, 0.15) is 11.1 Å². The minimum atomic E-state index is -4.49. The average molecular weight is 510 g/mol. The van der Waals surface area contributed by atoms with Crippen molar-refractivity contribution in [3.63, 3.8) is 0 Å².